The van der Waals surface area contributed by atoms with Gasteiger partial charge in [-0.2, -0.15) is 4.31 Å². The summed E-state index contributed by atoms with van der Waals surface area (Å²) >= 11 is 0. The molecule has 1 aromatic heterocycles. The minimum atomic E-state index is -4.21. The van der Waals surface area contributed by atoms with Gasteiger partial charge in [-0.15, -0.1) is 0 Å². The van der Waals surface area contributed by atoms with Crippen LogP contribution in [-0.4, -0.2) is 41.5 Å². The van der Waals surface area contributed by atoms with E-state index in [0.29, 0.717) is 5.56 Å². The standard InChI is InChI=1S/C28H23N3O6S/c1-19(32)37-24-11-9-23(10-12-24)31-27(33)16-26(28(31)34)30(18-20-5-4-14-29-17-20)38(35,36)25-13-8-21-6-2-3-7-22(21)15-25/h2-15,17,26H,16,18H2,1H3. The van der Waals surface area contributed by atoms with E-state index >= 15 is 0 Å². The molecule has 38 heavy (non-hydrogen) atoms. The molecule has 5 rings (SSSR count). The smallest absolute Gasteiger partial charge is 0.308 e. The summed E-state index contributed by atoms with van der Waals surface area (Å²) in [6, 6.07) is 20.1. The van der Waals surface area contributed by atoms with Crippen molar-refractivity contribution >= 4 is 44.3 Å². The summed E-state index contributed by atoms with van der Waals surface area (Å²) in [5.41, 5.74) is 0.823. The Morgan fingerprint density at radius 3 is 2.42 bits per heavy atom. The number of aromatic nitrogens is 1. The number of hydrogen-bond donors (Lipinski definition) is 0. The van der Waals surface area contributed by atoms with Gasteiger partial charge in [0.1, 0.15) is 11.8 Å². The van der Waals surface area contributed by atoms with E-state index in [2.05, 4.69) is 4.98 Å². The fourth-order valence-corrected chi connectivity index (χ4v) is 6.04. The van der Waals surface area contributed by atoms with Crippen molar-refractivity contribution in [1.82, 2.24) is 9.29 Å². The maximum atomic E-state index is 14.0. The van der Waals surface area contributed by atoms with Crippen LogP contribution in [0.5, 0.6) is 5.75 Å². The molecule has 1 fully saturated rings. The second-order valence-electron chi connectivity index (χ2n) is 8.80. The van der Waals surface area contributed by atoms with Gasteiger partial charge in [-0.25, -0.2) is 13.3 Å². The third-order valence-electron chi connectivity index (χ3n) is 6.22. The van der Waals surface area contributed by atoms with Gasteiger partial charge in [0.15, 0.2) is 0 Å². The first-order chi connectivity index (χ1) is 18.2. The molecule has 0 N–H and O–H groups in total. The van der Waals surface area contributed by atoms with Crippen LogP contribution in [0.25, 0.3) is 10.8 Å². The number of fused-ring (bicyclic) bond motifs is 1. The minimum absolute atomic E-state index is 0.0181. The van der Waals surface area contributed by atoms with Crippen LogP contribution in [0, 0.1) is 0 Å². The average Bonchev–Trinajstić information content (AvgIpc) is 3.20. The van der Waals surface area contributed by atoms with Gasteiger partial charge in [-0.05, 0) is 58.8 Å². The van der Waals surface area contributed by atoms with Crippen molar-refractivity contribution in [1.29, 1.82) is 0 Å². The molecule has 9 nitrogen and oxygen atoms in total. The number of nitrogens with zero attached hydrogens (tertiary/aromatic N) is 3. The van der Waals surface area contributed by atoms with Crippen LogP contribution in [0.4, 0.5) is 5.69 Å². The zero-order valence-corrected chi connectivity index (χ0v) is 21.2. The molecular weight excluding hydrogens is 506 g/mol. The predicted molar refractivity (Wildman–Crippen MR) is 140 cm³/mol. The Kier molecular flexibility index (Phi) is 6.75. The molecule has 192 valence electrons. The quantitative estimate of drug-likeness (QED) is 0.204. The molecule has 0 aliphatic carbocycles. The van der Waals surface area contributed by atoms with Crippen LogP contribution in [-0.2, 0) is 31.0 Å². The van der Waals surface area contributed by atoms with Crippen LogP contribution < -0.4 is 9.64 Å². The number of rotatable bonds is 7. The fraction of sp³-hybridized carbons (Fsp3) is 0.143. The molecule has 1 aliphatic rings. The second-order valence-corrected chi connectivity index (χ2v) is 10.7. The Bertz CT molecular complexity index is 1640. The van der Waals surface area contributed by atoms with Crippen molar-refractivity contribution < 1.29 is 27.5 Å². The first-order valence-electron chi connectivity index (χ1n) is 11.8. The summed E-state index contributed by atoms with van der Waals surface area (Å²) in [6.45, 7) is 1.12. The van der Waals surface area contributed by atoms with Crippen molar-refractivity contribution in [3.05, 3.63) is 96.8 Å². The number of pyridine rings is 1. The summed E-state index contributed by atoms with van der Waals surface area (Å²) in [5.74, 6) is -1.45. The number of carbonyl (C=O) groups is 3. The van der Waals surface area contributed by atoms with E-state index in [1.807, 2.05) is 24.3 Å². The van der Waals surface area contributed by atoms with E-state index in [-0.39, 0.29) is 29.3 Å². The van der Waals surface area contributed by atoms with Crippen LogP contribution in [0.15, 0.2) is 96.2 Å². The topological polar surface area (TPSA) is 114 Å². The lowest BCUT2D eigenvalue weighted by molar-refractivity contribution is -0.132. The summed E-state index contributed by atoms with van der Waals surface area (Å²) < 4.78 is 34.1. The number of benzene rings is 3. The zero-order chi connectivity index (χ0) is 26.9. The molecule has 0 spiro atoms. The first-order valence-corrected chi connectivity index (χ1v) is 13.2. The maximum Gasteiger partial charge on any atom is 0.308 e. The summed E-state index contributed by atoms with van der Waals surface area (Å²) in [4.78, 5) is 42.9. The Hall–Kier alpha value is -4.41. The van der Waals surface area contributed by atoms with Gasteiger partial charge in [0.2, 0.25) is 15.9 Å². The lowest BCUT2D eigenvalue weighted by atomic mass is 10.1. The summed E-state index contributed by atoms with van der Waals surface area (Å²) in [6.07, 6.45) is 2.77. The average molecular weight is 530 g/mol. The van der Waals surface area contributed by atoms with E-state index in [0.717, 1.165) is 20.0 Å². The number of imide groups is 1. The lowest BCUT2D eigenvalue weighted by Crippen LogP contribution is -2.45. The number of amides is 2. The van der Waals surface area contributed by atoms with E-state index in [9.17, 15) is 22.8 Å². The van der Waals surface area contributed by atoms with Crippen LogP contribution in [0.3, 0.4) is 0 Å². The summed E-state index contributed by atoms with van der Waals surface area (Å²) in [5, 5.41) is 1.61. The molecule has 1 aliphatic heterocycles. The van der Waals surface area contributed by atoms with Crippen LogP contribution >= 0.6 is 0 Å². The van der Waals surface area contributed by atoms with E-state index in [1.54, 1.807) is 30.5 Å². The van der Waals surface area contributed by atoms with Gasteiger partial charge in [0.25, 0.3) is 5.91 Å². The summed E-state index contributed by atoms with van der Waals surface area (Å²) in [7, 11) is -4.21. The molecule has 3 aromatic carbocycles. The molecule has 4 aromatic rings. The highest BCUT2D eigenvalue weighted by Gasteiger charge is 2.47. The van der Waals surface area contributed by atoms with Gasteiger partial charge in [0.05, 0.1) is 17.0 Å². The number of esters is 1. The van der Waals surface area contributed by atoms with E-state index in [4.69, 9.17) is 4.74 Å². The normalized spacial score (nSPS) is 15.8. The third kappa shape index (κ3) is 4.91. The number of ether oxygens (including phenoxy) is 1. The second kappa shape index (κ2) is 10.2. The lowest BCUT2D eigenvalue weighted by Gasteiger charge is -2.27. The van der Waals surface area contributed by atoms with Crippen molar-refractivity contribution in [2.45, 2.75) is 30.8 Å². The van der Waals surface area contributed by atoms with Crippen molar-refractivity contribution in [2.24, 2.45) is 0 Å². The molecular formula is C28H23N3O6S. The molecule has 2 amide bonds. The zero-order valence-electron chi connectivity index (χ0n) is 20.4. The fourth-order valence-electron chi connectivity index (χ4n) is 4.44. The van der Waals surface area contributed by atoms with Crippen LogP contribution in [0.2, 0.25) is 0 Å². The predicted octanol–water partition coefficient (Wildman–Crippen LogP) is 3.68. The third-order valence-corrected chi connectivity index (χ3v) is 8.07. The number of sulfonamides is 1. The minimum Gasteiger partial charge on any atom is -0.427 e. The number of carbonyl (C=O) groups excluding carboxylic acids is 3. The van der Waals surface area contributed by atoms with Crippen molar-refractivity contribution in [3.8, 4) is 5.75 Å². The van der Waals surface area contributed by atoms with Gasteiger partial charge < -0.3 is 4.74 Å². The highest BCUT2D eigenvalue weighted by Crippen LogP contribution is 2.32. The number of anilines is 1. The Morgan fingerprint density at radius 1 is 1.00 bits per heavy atom. The number of hydrogen-bond acceptors (Lipinski definition) is 7. The van der Waals surface area contributed by atoms with E-state index in [1.165, 1.54) is 43.5 Å². The van der Waals surface area contributed by atoms with Crippen molar-refractivity contribution in [3.63, 3.8) is 0 Å². The molecule has 10 heteroatoms. The molecule has 0 bridgehead atoms. The molecule has 0 radical (unpaired) electrons. The first kappa shape index (κ1) is 25.2. The van der Waals surface area contributed by atoms with Crippen molar-refractivity contribution in [2.75, 3.05) is 4.90 Å². The van der Waals surface area contributed by atoms with Crippen LogP contribution in [0.1, 0.15) is 18.9 Å². The molecule has 1 unspecified atom stereocenters. The van der Waals surface area contributed by atoms with E-state index < -0.39 is 33.8 Å². The monoisotopic (exact) mass is 529 g/mol. The van der Waals surface area contributed by atoms with Gasteiger partial charge in [-0.3, -0.25) is 19.4 Å². The Morgan fingerprint density at radius 2 is 1.74 bits per heavy atom. The molecule has 1 saturated heterocycles. The highest BCUT2D eigenvalue weighted by molar-refractivity contribution is 7.89. The maximum absolute atomic E-state index is 14.0. The molecule has 1 atom stereocenters. The SMILES string of the molecule is CC(=O)Oc1ccc(N2C(=O)CC(N(Cc3cccnc3)S(=O)(=O)c3ccc4ccccc4c3)C2=O)cc1. The highest BCUT2D eigenvalue weighted by atomic mass is 32.2. The van der Waals surface area contributed by atoms with Gasteiger partial charge >= 0.3 is 5.97 Å². The van der Waals surface area contributed by atoms with Gasteiger partial charge in [0, 0.05) is 25.9 Å². The largest absolute Gasteiger partial charge is 0.427 e. The Labute approximate surface area is 219 Å². The molecule has 0 saturated carbocycles. The molecule has 2 heterocycles. The van der Waals surface area contributed by atoms with Gasteiger partial charge in [-0.1, -0.05) is 36.4 Å². The Balaban J connectivity index is 1.52.